The largest absolute Gasteiger partial charge is 0.337 e. The number of hydrogen-bond donors (Lipinski definition) is 2. The topological polar surface area (TPSA) is 41.1 Å². The van der Waals surface area contributed by atoms with E-state index in [4.69, 9.17) is 0 Å². The van der Waals surface area contributed by atoms with Crippen LogP contribution in [0.4, 0.5) is 0 Å². The zero-order valence-electron chi connectivity index (χ0n) is 9.97. The average molecular weight is 210 g/mol. The Bertz CT molecular complexity index is 264. The molecule has 1 saturated heterocycles. The van der Waals surface area contributed by atoms with Gasteiger partial charge >= 0.3 is 0 Å². The van der Waals surface area contributed by atoms with E-state index in [0.29, 0.717) is 24.3 Å². The zero-order chi connectivity index (χ0) is 11.1. The van der Waals surface area contributed by atoms with Gasteiger partial charge in [-0.15, -0.1) is 0 Å². The van der Waals surface area contributed by atoms with Gasteiger partial charge in [0.2, 0.25) is 5.91 Å². The molecule has 0 radical (unpaired) electrons. The van der Waals surface area contributed by atoms with Crippen LogP contribution in [0, 0.1) is 17.8 Å². The predicted octanol–water partition coefficient (Wildman–Crippen LogP) is 1.49. The molecule has 0 bridgehead atoms. The maximum Gasteiger partial charge on any atom is 0.235 e. The molecule has 3 nitrogen and oxygen atoms in total. The second kappa shape index (κ2) is 3.78. The van der Waals surface area contributed by atoms with Crippen LogP contribution < -0.4 is 10.6 Å². The third-order valence-corrected chi connectivity index (χ3v) is 4.01. The third-order valence-electron chi connectivity index (χ3n) is 4.01. The third kappa shape index (κ3) is 1.89. The molecule has 86 valence electrons. The van der Waals surface area contributed by atoms with Crippen molar-refractivity contribution in [1.29, 1.82) is 0 Å². The van der Waals surface area contributed by atoms with Crippen molar-refractivity contribution in [3.63, 3.8) is 0 Å². The van der Waals surface area contributed by atoms with Gasteiger partial charge in [-0.1, -0.05) is 27.2 Å². The fourth-order valence-electron chi connectivity index (χ4n) is 3.34. The van der Waals surface area contributed by atoms with Crippen LogP contribution in [-0.2, 0) is 4.79 Å². The van der Waals surface area contributed by atoms with Crippen LogP contribution in [0.2, 0.25) is 0 Å². The summed E-state index contributed by atoms with van der Waals surface area (Å²) in [6, 6.07) is 0. The highest BCUT2D eigenvalue weighted by Crippen LogP contribution is 2.40. The van der Waals surface area contributed by atoms with Crippen LogP contribution in [0.3, 0.4) is 0 Å². The van der Waals surface area contributed by atoms with Crippen molar-refractivity contribution in [1.82, 2.24) is 10.6 Å². The molecule has 2 aliphatic rings. The number of amides is 1. The zero-order valence-corrected chi connectivity index (χ0v) is 9.97. The molecule has 15 heavy (non-hydrogen) atoms. The Morgan fingerprint density at radius 2 is 2.13 bits per heavy atom. The summed E-state index contributed by atoms with van der Waals surface area (Å²) in [5.74, 6) is 2.09. The second-order valence-electron chi connectivity index (χ2n) is 5.61. The minimum Gasteiger partial charge on any atom is -0.337 e. The van der Waals surface area contributed by atoms with Crippen molar-refractivity contribution >= 4 is 5.91 Å². The van der Waals surface area contributed by atoms with Gasteiger partial charge in [0.15, 0.2) is 0 Å². The molecule has 3 atom stereocenters. The predicted molar refractivity (Wildman–Crippen MR) is 60.2 cm³/mol. The second-order valence-corrected chi connectivity index (χ2v) is 5.61. The van der Waals surface area contributed by atoms with Crippen molar-refractivity contribution in [3.8, 4) is 0 Å². The first-order chi connectivity index (χ1) is 7.03. The van der Waals surface area contributed by atoms with E-state index < -0.39 is 0 Å². The van der Waals surface area contributed by atoms with E-state index in [1.54, 1.807) is 0 Å². The molecule has 0 unspecified atom stereocenters. The van der Waals surface area contributed by atoms with Gasteiger partial charge in [0.25, 0.3) is 0 Å². The van der Waals surface area contributed by atoms with Gasteiger partial charge in [0.1, 0.15) is 0 Å². The van der Waals surface area contributed by atoms with E-state index >= 15 is 0 Å². The summed E-state index contributed by atoms with van der Waals surface area (Å²) in [5, 5.41) is 6.60. The minimum absolute atomic E-state index is 0.0943. The molecule has 3 heteroatoms. The van der Waals surface area contributed by atoms with Crippen molar-refractivity contribution in [3.05, 3.63) is 0 Å². The van der Waals surface area contributed by atoms with E-state index in [-0.39, 0.29) is 11.6 Å². The first-order valence-corrected chi connectivity index (χ1v) is 6.09. The van der Waals surface area contributed by atoms with Crippen molar-refractivity contribution in [2.24, 2.45) is 17.8 Å². The molecule has 0 aromatic heterocycles. The van der Waals surface area contributed by atoms with Gasteiger partial charge in [-0.3, -0.25) is 10.1 Å². The molecule has 1 saturated carbocycles. The van der Waals surface area contributed by atoms with Crippen LogP contribution in [0.1, 0.15) is 40.0 Å². The van der Waals surface area contributed by atoms with Crippen LogP contribution in [0.15, 0.2) is 0 Å². The van der Waals surface area contributed by atoms with E-state index in [1.165, 1.54) is 12.8 Å². The van der Waals surface area contributed by atoms with Crippen molar-refractivity contribution in [2.45, 2.75) is 45.7 Å². The Morgan fingerprint density at radius 3 is 2.67 bits per heavy atom. The molecular weight excluding hydrogens is 188 g/mol. The molecule has 2 fully saturated rings. The summed E-state index contributed by atoms with van der Waals surface area (Å²) in [4.78, 5) is 11.4. The summed E-state index contributed by atoms with van der Waals surface area (Å²) in [7, 11) is 0. The van der Waals surface area contributed by atoms with E-state index in [9.17, 15) is 4.79 Å². The first kappa shape index (κ1) is 10.9. The molecule has 2 N–H and O–H groups in total. The fraction of sp³-hybridized carbons (Fsp3) is 0.917. The summed E-state index contributed by atoms with van der Waals surface area (Å²) >= 11 is 0. The van der Waals surface area contributed by atoms with Gasteiger partial charge < -0.3 is 5.32 Å². The van der Waals surface area contributed by atoms with Crippen LogP contribution in [-0.4, -0.2) is 18.1 Å². The van der Waals surface area contributed by atoms with E-state index in [0.717, 1.165) is 6.42 Å². The first-order valence-electron chi connectivity index (χ1n) is 6.09. The van der Waals surface area contributed by atoms with Crippen LogP contribution >= 0.6 is 0 Å². The number of nitrogens with one attached hydrogen (secondary N) is 2. The maximum atomic E-state index is 11.4. The Morgan fingerprint density at radius 1 is 1.40 bits per heavy atom. The monoisotopic (exact) mass is 210 g/mol. The summed E-state index contributed by atoms with van der Waals surface area (Å²) in [5.41, 5.74) is -0.0943. The highest BCUT2D eigenvalue weighted by Gasteiger charge is 2.48. The molecule has 1 heterocycles. The summed E-state index contributed by atoms with van der Waals surface area (Å²) < 4.78 is 0. The quantitative estimate of drug-likeness (QED) is 0.688. The fourth-order valence-corrected chi connectivity index (χ4v) is 3.34. The van der Waals surface area contributed by atoms with Gasteiger partial charge in [-0.2, -0.15) is 0 Å². The number of carbonyl (C=O) groups excluding carboxylic acids is 1. The molecule has 1 spiro atoms. The lowest BCUT2D eigenvalue weighted by molar-refractivity contribution is -0.119. The van der Waals surface area contributed by atoms with Crippen LogP contribution in [0.25, 0.3) is 0 Å². The molecule has 1 amide bonds. The molecular formula is C12H22N2O. The van der Waals surface area contributed by atoms with Crippen molar-refractivity contribution < 1.29 is 4.79 Å². The number of hydrogen-bond acceptors (Lipinski definition) is 2. The SMILES string of the molecule is CC(C)[C@@H]1CC[C@@H](C)C[C@]12NCC(=O)N2. The Hall–Kier alpha value is -0.570. The summed E-state index contributed by atoms with van der Waals surface area (Å²) in [6.07, 6.45) is 3.61. The molecule has 2 rings (SSSR count). The Kier molecular flexibility index (Phi) is 2.75. The molecule has 0 aromatic rings. The van der Waals surface area contributed by atoms with Gasteiger partial charge in [0, 0.05) is 0 Å². The van der Waals surface area contributed by atoms with Gasteiger partial charge in [-0.25, -0.2) is 0 Å². The molecule has 1 aliphatic carbocycles. The van der Waals surface area contributed by atoms with Crippen LogP contribution in [0.5, 0.6) is 0 Å². The maximum absolute atomic E-state index is 11.4. The van der Waals surface area contributed by atoms with E-state index in [2.05, 4.69) is 31.4 Å². The lowest BCUT2D eigenvalue weighted by Gasteiger charge is -2.45. The van der Waals surface area contributed by atoms with Gasteiger partial charge in [0.05, 0.1) is 12.2 Å². The highest BCUT2D eigenvalue weighted by molar-refractivity contribution is 5.81. The minimum atomic E-state index is -0.0943. The van der Waals surface area contributed by atoms with Gasteiger partial charge in [-0.05, 0) is 30.6 Å². The molecule has 1 aliphatic heterocycles. The lowest BCUT2D eigenvalue weighted by atomic mass is 9.70. The lowest BCUT2D eigenvalue weighted by Crippen LogP contribution is -2.59. The number of carbonyl (C=O) groups is 1. The molecule has 0 aromatic carbocycles. The van der Waals surface area contributed by atoms with E-state index in [1.807, 2.05) is 0 Å². The smallest absolute Gasteiger partial charge is 0.235 e. The number of rotatable bonds is 1. The Balaban J connectivity index is 2.19. The Labute approximate surface area is 92.0 Å². The summed E-state index contributed by atoms with van der Waals surface area (Å²) in [6.45, 7) is 7.30. The van der Waals surface area contributed by atoms with Crippen molar-refractivity contribution in [2.75, 3.05) is 6.54 Å². The standard InChI is InChI=1S/C12H22N2O/c1-8(2)10-5-4-9(3)6-12(10)13-7-11(15)14-12/h8-10,13H,4-7H2,1-3H3,(H,14,15)/t9-,10+,12-/m1/s1. The normalized spacial score (nSPS) is 41.2. The highest BCUT2D eigenvalue weighted by atomic mass is 16.2. The average Bonchev–Trinajstić information content (AvgIpc) is 2.47.